The standard InChI is InChI=1S/C19H18FNO2/c1-3-22-18-10-9-14(12-19(18)23-4-2)11-15(13-21)16-7-5-6-8-17(16)20/h5-12H,3-4H2,1-2H3. The minimum Gasteiger partial charge on any atom is -0.490 e. The maximum absolute atomic E-state index is 13.9. The van der Waals surface area contributed by atoms with Gasteiger partial charge in [-0.25, -0.2) is 4.39 Å². The summed E-state index contributed by atoms with van der Waals surface area (Å²) in [5.74, 6) is 0.834. The van der Waals surface area contributed by atoms with Crippen LogP contribution in [-0.2, 0) is 0 Å². The topological polar surface area (TPSA) is 42.2 Å². The van der Waals surface area contributed by atoms with E-state index in [0.717, 1.165) is 5.56 Å². The van der Waals surface area contributed by atoms with Crippen LogP contribution in [0.1, 0.15) is 25.0 Å². The molecule has 0 saturated carbocycles. The van der Waals surface area contributed by atoms with Gasteiger partial charge in [0, 0.05) is 5.56 Å². The zero-order chi connectivity index (χ0) is 16.7. The van der Waals surface area contributed by atoms with Crippen molar-refractivity contribution in [1.82, 2.24) is 0 Å². The monoisotopic (exact) mass is 311 g/mol. The molecular weight excluding hydrogens is 293 g/mol. The summed E-state index contributed by atoms with van der Waals surface area (Å²) >= 11 is 0. The fraction of sp³-hybridized carbons (Fsp3) is 0.211. The van der Waals surface area contributed by atoms with Crippen LogP contribution in [0.15, 0.2) is 42.5 Å². The summed E-state index contributed by atoms with van der Waals surface area (Å²) in [6, 6.07) is 13.7. The Morgan fingerprint density at radius 3 is 2.43 bits per heavy atom. The van der Waals surface area contributed by atoms with Gasteiger partial charge in [-0.2, -0.15) is 5.26 Å². The average molecular weight is 311 g/mol. The quantitative estimate of drug-likeness (QED) is 0.574. The van der Waals surface area contributed by atoms with Crippen LogP contribution >= 0.6 is 0 Å². The molecule has 0 spiro atoms. The molecule has 0 N–H and O–H groups in total. The van der Waals surface area contributed by atoms with E-state index < -0.39 is 5.82 Å². The molecule has 0 aliphatic heterocycles. The minimum atomic E-state index is -0.420. The molecule has 0 bridgehead atoms. The van der Waals surface area contributed by atoms with Crippen molar-refractivity contribution in [2.75, 3.05) is 13.2 Å². The molecular formula is C19H18FNO2. The van der Waals surface area contributed by atoms with E-state index in [0.29, 0.717) is 24.7 Å². The van der Waals surface area contributed by atoms with Crippen LogP contribution in [0, 0.1) is 17.1 Å². The summed E-state index contributed by atoms with van der Waals surface area (Å²) < 4.78 is 24.9. The SMILES string of the molecule is CCOc1ccc(C=C(C#N)c2ccccc2F)cc1OCC. The van der Waals surface area contributed by atoms with Gasteiger partial charge in [-0.05, 0) is 43.7 Å². The number of hydrogen-bond acceptors (Lipinski definition) is 3. The molecule has 0 atom stereocenters. The lowest BCUT2D eigenvalue weighted by Gasteiger charge is -2.11. The van der Waals surface area contributed by atoms with Gasteiger partial charge in [0.25, 0.3) is 0 Å². The van der Waals surface area contributed by atoms with Gasteiger partial charge in [0.05, 0.1) is 24.9 Å². The minimum absolute atomic E-state index is 0.259. The maximum Gasteiger partial charge on any atom is 0.161 e. The van der Waals surface area contributed by atoms with Crippen molar-refractivity contribution >= 4 is 11.6 Å². The Morgan fingerprint density at radius 2 is 1.78 bits per heavy atom. The first-order valence-corrected chi connectivity index (χ1v) is 7.46. The highest BCUT2D eigenvalue weighted by atomic mass is 19.1. The molecule has 2 aromatic rings. The summed E-state index contributed by atoms with van der Waals surface area (Å²) in [4.78, 5) is 0. The van der Waals surface area contributed by atoms with Gasteiger partial charge in [-0.1, -0.05) is 24.3 Å². The van der Waals surface area contributed by atoms with E-state index in [-0.39, 0.29) is 11.1 Å². The Bertz CT molecular complexity index is 747. The summed E-state index contributed by atoms with van der Waals surface area (Å²) in [5.41, 5.74) is 1.29. The van der Waals surface area contributed by atoms with Gasteiger partial charge < -0.3 is 9.47 Å². The van der Waals surface area contributed by atoms with Gasteiger partial charge >= 0.3 is 0 Å². The Morgan fingerprint density at radius 1 is 1.09 bits per heavy atom. The Hall–Kier alpha value is -2.80. The van der Waals surface area contributed by atoms with E-state index >= 15 is 0 Å². The predicted molar refractivity (Wildman–Crippen MR) is 88.7 cm³/mol. The van der Waals surface area contributed by atoms with E-state index in [4.69, 9.17) is 9.47 Å². The Labute approximate surface area is 135 Å². The number of allylic oxidation sites excluding steroid dienone is 1. The zero-order valence-corrected chi connectivity index (χ0v) is 13.2. The second-order valence-corrected chi connectivity index (χ2v) is 4.72. The van der Waals surface area contributed by atoms with E-state index in [1.165, 1.54) is 6.07 Å². The van der Waals surface area contributed by atoms with Crippen LogP contribution in [0.2, 0.25) is 0 Å². The van der Waals surface area contributed by atoms with Gasteiger partial charge in [-0.15, -0.1) is 0 Å². The smallest absolute Gasteiger partial charge is 0.161 e. The Balaban J connectivity index is 2.42. The largest absolute Gasteiger partial charge is 0.490 e. The Kier molecular flexibility index (Phi) is 5.76. The van der Waals surface area contributed by atoms with Crippen molar-refractivity contribution in [2.24, 2.45) is 0 Å². The molecule has 2 aromatic carbocycles. The van der Waals surface area contributed by atoms with E-state index in [2.05, 4.69) is 0 Å². The number of ether oxygens (including phenoxy) is 2. The van der Waals surface area contributed by atoms with Crippen LogP contribution < -0.4 is 9.47 Å². The molecule has 4 heteroatoms. The molecule has 3 nitrogen and oxygen atoms in total. The van der Waals surface area contributed by atoms with Crippen LogP contribution in [0.5, 0.6) is 11.5 Å². The number of nitrogens with zero attached hydrogens (tertiary/aromatic N) is 1. The fourth-order valence-electron chi connectivity index (χ4n) is 2.17. The van der Waals surface area contributed by atoms with Gasteiger partial charge in [-0.3, -0.25) is 0 Å². The second-order valence-electron chi connectivity index (χ2n) is 4.72. The van der Waals surface area contributed by atoms with Crippen LogP contribution in [0.25, 0.3) is 11.6 Å². The van der Waals surface area contributed by atoms with Crippen molar-refractivity contribution in [2.45, 2.75) is 13.8 Å². The molecule has 2 rings (SSSR count). The first-order valence-electron chi connectivity index (χ1n) is 7.46. The van der Waals surface area contributed by atoms with Gasteiger partial charge in [0.1, 0.15) is 5.82 Å². The van der Waals surface area contributed by atoms with Crippen LogP contribution in [0.4, 0.5) is 4.39 Å². The molecule has 23 heavy (non-hydrogen) atoms. The van der Waals surface area contributed by atoms with E-state index in [1.54, 1.807) is 36.4 Å². The lowest BCUT2D eigenvalue weighted by atomic mass is 10.0. The van der Waals surface area contributed by atoms with Crippen molar-refractivity contribution in [3.8, 4) is 17.6 Å². The summed E-state index contributed by atoms with van der Waals surface area (Å²) in [7, 11) is 0. The molecule has 0 aliphatic rings. The first kappa shape index (κ1) is 16.6. The normalized spacial score (nSPS) is 11.0. The average Bonchev–Trinajstić information content (AvgIpc) is 2.56. The first-order chi connectivity index (χ1) is 11.2. The number of hydrogen-bond donors (Lipinski definition) is 0. The second kappa shape index (κ2) is 8.00. The molecule has 0 aliphatic carbocycles. The molecule has 0 unspecified atom stereocenters. The highest BCUT2D eigenvalue weighted by Gasteiger charge is 2.09. The molecule has 0 aromatic heterocycles. The van der Waals surface area contributed by atoms with Crippen molar-refractivity contribution in [3.63, 3.8) is 0 Å². The summed E-state index contributed by atoms with van der Waals surface area (Å²) in [6.45, 7) is 4.83. The molecule has 0 amide bonds. The predicted octanol–water partition coefficient (Wildman–Crippen LogP) is 4.69. The number of nitriles is 1. The van der Waals surface area contributed by atoms with Crippen molar-refractivity contribution in [1.29, 1.82) is 5.26 Å². The molecule has 0 heterocycles. The molecule has 0 radical (unpaired) electrons. The third-order valence-electron chi connectivity index (χ3n) is 3.16. The number of halogens is 1. The maximum atomic E-state index is 13.9. The lowest BCUT2D eigenvalue weighted by Crippen LogP contribution is -1.98. The molecule has 0 fully saturated rings. The molecule has 0 saturated heterocycles. The van der Waals surface area contributed by atoms with Gasteiger partial charge in [0.2, 0.25) is 0 Å². The zero-order valence-electron chi connectivity index (χ0n) is 13.2. The lowest BCUT2D eigenvalue weighted by molar-refractivity contribution is 0.287. The highest BCUT2D eigenvalue weighted by molar-refractivity contribution is 5.90. The highest BCUT2D eigenvalue weighted by Crippen LogP contribution is 2.30. The van der Waals surface area contributed by atoms with Crippen LogP contribution in [-0.4, -0.2) is 13.2 Å². The van der Waals surface area contributed by atoms with Crippen LogP contribution in [0.3, 0.4) is 0 Å². The van der Waals surface area contributed by atoms with E-state index in [1.807, 2.05) is 26.0 Å². The number of rotatable bonds is 6. The number of benzene rings is 2. The third-order valence-corrected chi connectivity index (χ3v) is 3.16. The van der Waals surface area contributed by atoms with E-state index in [9.17, 15) is 9.65 Å². The van der Waals surface area contributed by atoms with Crippen molar-refractivity contribution < 1.29 is 13.9 Å². The summed E-state index contributed by atoms with van der Waals surface area (Å²) in [6.07, 6.45) is 1.64. The third kappa shape index (κ3) is 4.10. The summed E-state index contributed by atoms with van der Waals surface area (Å²) in [5, 5.41) is 9.34. The fourth-order valence-corrected chi connectivity index (χ4v) is 2.17. The molecule has 118 valence electrons. The van der Waals surface area contributed by atoms with Crippen molar-refractivity contribution in [3.05, 3.63) is 59.4 Å². The van der Waals surface area contributed by atoms with Gasteiger partial charge in [0.15, 0.2) is 11.5 Å².